The minimum atomic E-state index is 0.549. The minimum Gasteiger partial charge on any atom is -0.309 e. The van der Waals surface area contributed by atoms with E-state index in [2.05, 4.69) is 159 Å². The highest BCUT2D eigenvalue weighted by atomic mass is 15.0. The lowest BCUT2D eigenvalue weighted by atomic mass is 9.98. The Kier molecular flexibility index (Phi) is 6.61. The van der Waals surface area contributed by atoms with Gasteiger partial charge in [0.2, 0.25) is 0 Å². The molecule has 0 bridgehead atoms. The highest BCUT2D eigenvalue weighted by molar-refractivity contribution is 6.17. The Balaban J connectivity index is 1.24. The molecule has 0 atom stereocenters. The molecule has 0 aliphatic rings. The molecule has 5 nitrogen and oxygen atoms in total. The number of nitrogens with zero attached hydrogens (tertiary/aromatic N) is 5. The van der Waals surface area contributed by atoms with Crippen LogP contribution in [0, 0.1) is 22.7 Å². The number of fused-ring (bicyclic) bond motifs is 9. The van der Waals surface area contributed by atoms with Crippen LogP contribution in [0.15, 0.2) is 176 Å². The van der Waals surface area contributed by atoms with E-state index in [1.807, 2.05) is 42.5 Å². The minimum absolute atomic E-state index is 0.549. The van der Waals surface area contributed by atoms with Gasteiger partial charge < -0.3 is 13.7 Å². The molecular weight excluding hydrogens is 671 g/mol. The van der Waals surface area contributed by atoms with E-state index in [0.717, 1.165) is 82.8 Å². The zero-order chi connectivity index (χ0) is 36.6. The van der Waals surface area contributed by atoms with Crippen LogP contribution in [0.4, 0.5) is 0 Å². The Morgan fingerprint density at radius 2 is 0.727 bits per heavy atom. The van der Waals surface area contributed by atoms with Gasteiger partial charge in [-0.05, 0) is 60.7 Å². The fourth-order valence-corrected chi connectivity index (χ4v) is 8.97. The van der Waals surface area contributed by atoms with Crippen LogP contribution in [0.25, 0.3) is 93.6 Å². The first-order chi connectivity index (χ1) is 27.3. The van der Waals surface area contributed by atoms with E-state index in [1.54, 1.807) is 0 Å². The van der Waals surface area contributed by atoms with Gasteiger partial charge in [0.05, 0.1) is 67.4 Å². The van der Waals surface area contributed by atoms with Crippen LogP contribution in [0.3, 0.4) is 0 Å². The van der Waals surface area contributed by atoms with Crippen molar-refractivity contribution in [2.45, 2.75) is 0 Å². The molecule has 0 N–H and O–H groups in total. The normalized spacial score (nSPS) is 11.6. The van der Waals surface area contributed by atoms with Crippen molar-refractivity contribution < 1.29 is 0 Å². The van der Waals surface area contributed by atoms with E-state index in [4.69, 9.17) is 0 Å². The van der Waals surface area contributed by atoms with E-state index in [1.165, 1.54) is 10.8 Å². The average molecular weight is 700 g/mol. The van der Waals surface area contributed by atoms with Crippen LogP contribution in [-0.2, 0) is 0 Å². The predicted octanol–water partition coefficient (Wildman–Crippen LogP) is 12.4. The molecule has 0 aliphatic carbocycles. The lowest BCUT2D eigenvalue weighted by Crippen LogP contribution is -2.03. The zero-order valence-corrected chi connectivity index (χ0v) is 29.5. The molecule has 3 heterocycles. The van der Waals surface area contributed by atoms with Gasteiger partial charge >= 0.3 is 0 Å². The molecule has 0 radical (unpaired) electrons. The highest BCUT2D eigenvalue weighted by Crippen LogP contribution is 2.44. The van der Waals surface area contributed by atoms with E-state index in [-0.39, 0.29) is 0 Å². The maximum atomic E-state index is 10.7. The van der Waals surface area contributed by atoms with E-state index in [0.29, 0.717) is 11.1 Å². The Morgan fingerprint density at radius 3 is 1.40 bits per heavy atom. The molecule has 0 spiro atoms. The topological polar surface area (TPSA) is 62.4 Å². The van der Waals surface area contributed by atoms with E-state index < -0.39 is 0 Å². The van der Waals surface area contributed by atoms with Crippen molar-refractivity contribution in [3.05, 3.63) is 187 Å². The van der Waals surface area contributed by atoms with Gasteiger partial charge in [-0.2, -0.15) is 10.5 Å². The average Bonchev–Trinajstić information content (AvgIpc) is 3.89. The molecular formula is C50H29N5. The summed E-state index contributed by atoms with van der Waals surface area (Å²) in [5, 5.41) is 27.5. The van der Waals surface area contributed by atoms with Crippen molar-refractivity contribution >= 4 is 65.4 Å². The molecule has 5 heteroatoms. The van der Waals surface area contributed by atoms with Gasteiger partial charge in [0, 0.05) is 43.4 Å². The molecule has 0 saturated carbocycles. The van der Waals surface area contributed by atoms with Gasteiger partial charge in [-0.1, -0.05) is 115 Å². The summed E-state index contributed by atoms with van der Waals surface area (Å²) in [6, 6.07) is 65.9. The number of aromatic nitrogens is 3. The van der Waals surface area contributed by atoms with Gasteiger partial charge in [-0.3, -0.25) is 0 Å². The van der Waals surface area contributed by atoms with Gasteiger partial charge in [0.1, 0.15) is 6.07 Å². The monoisotopic (exact) mass is 699 g/mol. The smallest absolute Gasteiger partial charge is 0.101 e. The van der Waals surface area contributed by atoms with Crippen LogP contribution < -0.4 is 0 Å². The summed E-state index contributed by atoms with van der Waals surface area (Å²) in [6.45, 7) is 0. The predicted molar refractivity (Wildman–Crippen MR) is 224 cm³/mol. The summed E-state index contributed by atoms with van der Waals surface area (Å²) in [5.41, 5.74) is 12.3. The van der Waals surface area contributed by atoms with Crippen molar-refractivity contribution in [3.8, 4) is 40.3 Å². The molecule has 0 saturated heterocycles. The third-order valence-electron chi connectivity index (χ3n) is 11.1. The second-order valence-electron chi connectivity index (χ2n) is 13.9. The van der Waals surface area contributed by atoms with Crippen molar-refractivity contribution in [1.29, 1.82) is 10.5 Å². The molecule has 0 aliphatic heterocycles. The lowest BCUT2D eigenvalue weighted by Gasteiger charge is -2.19. The van der Waals surface area contributed by atoms with Gasteiger partial charge in [-0.25, -0.2) is 0 Å². The van der Waals surface area contributed by atoms with Crippen LogP contribution in [-0.4, -0.2) is 13.7 Å². The quantitative estimate of drug-likeness (QED) is 0.184. The maximum Gasteiger partial charge on any atom is 0.101 e. The van der Waals surface area contributed by atoms with Gasteiger partial charge in [0.25, 0.3) is 0 Å². The number of hydrogen-bond acceptors (Lipinski definition) is 2. The molecule has 11 aromatic rings. The third kappa shape index (κ3) is 4.27. The molecule has 8 aromatic carbocycles. The Bertz CT molecular complexity index is 3420. The number of para-hydroxylation sites is 6. The second-order valence-corrected chi connectivity index (χ2v) is 13.9. The number of hydrogen-bond donors (Lipinski definition) is 0. The summed E-state index contributed by atoms with van der Waals surface area (Å²) in [7, 11) is 0. The lowest BCUT2D eigenvalue weighted by molar-refractivity contribution is 1.15. The van der Waals surface area contributed by atoms with Crippen LogP contribution in [0.1, 0.15) is 11.1 Å². The van der Waals surface area contributed by atoms with Crippen LogP contribution in [0.2, 0.25) is 0 Å². The number of rotatable bonds is 4. The first-order valence-corrected chi connectivity index (χ1v) is 18.3. The summed E-state index contributed by atoms with van der Waals surface area (Å²) in [5.74, 6) is 0. The largest absolute Gasteiger partial charge is 0.309 e. The summed E-state index contributed by atoms with van der Waals surface area (Å²) >= 11 is 0. The SMILES string of the molecule is N#Cc1cccc(-c2ccccc2-n2c3ccccc3c3c(-n4c5ccccc5c5ccccc54)cccc32)c1-n1c2ccccc2c2c(C#N)cccc21. The zero-order valence-electron chi connectivity index (χ0n) is 29.5. The fourth-order valence-electron chi connectivity index (χ4n) is 8.97. The molecule has 0 fully saturated rings. The second kappa shape index (κ2) is 11.8. The fraction of sp³-hybridized carbons (Fsp3) is 0. The number of benzene rings is 8. The third-order valence-corrected chi connectivity index (χ3v) is 11.1. The van der Waals surface area contributed by atoms with Crippen LogP contribution >= 0.6 is 0 Å². The van der Waals surface area contributed by atoms with Crippen LogP contribution in [0.5, 0.6) is 0 Å². The Morgan fingerprint density at radius 1 is 0.309 bits per heavy atom. The standard InChI is InChI=1S/C50H29N5/c51-30-32-14-12-27-45-48(32)38-19-4-10-26-44(38)55(45)50-33(31-52)15-11-21-37(50)36-18-3-8-24-42(36)54-43-25-9-5-20-39(43)49-46(28-13-29-47(49)54)53-40-22-6-1-16-34(40)35-17-2-7-23-41(35)53/h1-29H. The number of nitriles is 2. The Labute approximate surface area is 316 Å². The summed E-state index contributed by atoms with van der Waals surface area (Å²) in [6.07, 6.45) is 0. The summed E-state index contributed by atoms with van der Waals surface area (Å²) in [4.78, 5) is 0. The van der Waals surface area contributed by atoms with Gasteiger partial charge in [0.15, 0.2) is 0 Å². The molecule has 11 rings (SSSR count). The van der Waals surface area contributed by atoms with Crippen molar-refractivity contribution in [3.63, 3.8) is 0 Å². The first kappa shape index (κ1) is 30.7. The summed E-state index contributed by atoms with van der Waals surface area (Å²) < 4.78 is 6.95. The maximum absolute atomic E-state index is 10.7. The van der Waals surface area contributed by atoms with Gasteiger partial charge in [-0.15, -0.1) is 0 Å². The van der Waals surface area contributed by atoms with Crippen molar-refractivity contribution in [2.75, 3.05) is 0 Å². The van der Waals surface area contributed by atoms with E-state index in [9.17, 15) is 10.5 Å². The van der Waals surface area contributed by atoms with Crippen molar-refractivity contribution in [1.82, 2.24) is 13.7 Å². The first-order valence-electron chi connectivity index (χ1n) is 18.3. The molecule has 0 unspecified atom stereocenters. The molecule has 55 heavy (non-hydrogen) atoms. The van der Waals surface area contributed by atoms with E-state index >= 15 is 0 Å². The van der Waals surface area contributed by atoms with Crippen molar-refractivity contribution in [2.24, 2.45) is 0 Å². The highest BCUT2D eigenvalue weighted by Gasteiger charge is 2.24. The molecule has 0 amide bonds. The molecule has 3 aromatic heterocycles. The molecule has 254 valence electrons. The Hall–Kier alpha value is -7.86.